The standard InChI is InChI=1S/C28H28N4O3/c33-26(21-5-6-21)31-13-9-18(10-14-31)16-32-25(30-28(11-12-28)27(32)34)20-3-1-19(2-4-20)22-7-8-24-23(15-22)29-17-35-24/h1-4,7-8,15,17-18,21H,5-6,9-14,16H2. The molecular formula is C28H28N4O3. The molecule has 7 nitrogen and oxygen atoms in total. The molecule has 2 aliphatic heterocycles. The number of aromatic nitrogens is 1. The van der Waals surface area contributed by atoms with Crippen molar-refractivity contribution < 1.29 is 14.0 Å². The molecule has 4 aliphatic rings. The first kappa shape index (κ1) is 20.9. The highest BCUT2D eigenvalue weighted by Gasteiger charge is 2.57. The third-order valence-corrected chi connectivity index (χ3v) is 8.04. The molecule has 0 unspecified atom stereocenters. The van der Waals surface area contributed by atoms with Gasteiger partial charge < -0.3 is 9.32 Å². The van der Waals surface area contributed by atoms with Gasteiger partial charge >= 0.3 is 0 Å². The predicted molar refractivity (Wildman–Crippen MR) is 132 cm³/mol. The Bertz CT molecular complexity index is 1340. The highest BCUT2D eigenvalue weighted by atomic mass is 16.3. The van der Waals surface area contributed by atoms with Crippen molar-refractivity contribution in [2.24, 2.45) is 16.8 Å². The zero-order valence-corrected chi connectivity index (χ0v) is 19.7. The molecule has 0 atom stereocenters. The number of amidine groups is 1. The van der Waals surface area contributed by atoms with Crippen molar-refractivity contribution in [3.05, 3.63) is 54.4 Å². The minimum Gasteiger partial charge on any atom is -0.443 e. The van der Waals surface area contributed by atoms with Gasteiger partial charge in [-0.05, 0) is 67.7 Å². The summed E-state index contributed by atoms with van der Waals surface area (Å²) < 4.78 is 5.35. The fourth-order valence-electron chi connectivity index (χ4n) is 5.52. The second kappa shape index (κ2) is 7.77. The molecule has 0 N–H and O–H groups in total. The van der Waals surface area contributed by atoms with Gasteiger partial charge in [-0.2, -0.15) is 0 Å². The zero-order valence-electron chi connectivity index (χ0n) is 19.7. The molecule has 3 heterocycles. The first-order chi connectivity index (χ1) is 17.1. The van der Waals surface area contributed by atoms with Crippen LogP contribution in [0.3, 0.4) is 0 Å². The number of oxazole rings is 1. The molecule has 7 heteroatoms. The Kier molecular flexibility index (Phi) is 4.63. The number of hydrogen-bond acceptors (Lipinski definition) is 5. The van der Waals surface area contributed by atoms with Gasteiger partial charge in [0.25, 0.3) is 5.91 Å². The van der Waals surface area contributed by atoms with Crippen LogP contribution in [0.15, 0.2) is 58.3 Å². The molecule has 35 heavy (non-hydrogen) atoms. The second-order valence-corrected chi connectivity index (χ2v) is 10.5. The first-order valence-electron chi connectivity index (χ1n) is 12.7. The van der Waals surface area contributed by atoms with E-state index in [2.05, 4.69) is 29.2 Å². The number of amides is 2. The lowest BCUT2D eigenvalue weighted by Gasteiger charge is -2.34. The van der Waals surface area contributed by atoms with E-state index in [4.69, 9.17) is 9.41 Å². The van der Waals surface area contributed by atoms with E-state index in [-0.39, 0.29) is 11.8 Å². The van der Waals surface area contributed by atoms with Gasteiger partial charge in [-0.25, -0.2) is 4.98 Å². The Hall–Kier alpha value is -3.48. The summed E-state index contributed by atoms with van der Waals surface area (Å²) in [5.74, 6) is 1.98. The Balaban J connectivity index is 1.09. The number of rotatable bonds is 5. The molecule has 1 saturated heterocycles. The maximum atomic E-state index is 13.3. The molecule has 3 fully saturated rings. The van der Waals surface area contributed by atoms with Gasteiger partial charge in [-0.15, -0.1) is 0 Å². The van der Waals surface area contributed by atoms with Crippen molar-refractivity contribution in [3.8, 4) is 11.1 Å². The Labute approximate surface area is 203 Å². The molecule has 3 aromatic rings. The van der Waals surface area contributed by atoms with Crippen LogP contribution in [-0.2, 0) is 9.59 Å². The van der Waals surface area contributed by atoms with E-state index in [0.717, 1.165) is 85.2 Å². The summed E-state index contributed by atoms with van der Waals surface area (Å²) in [6.07, 6.45) is 7.15. The summed E-state index contributed by atoms with van der Waals surface area (Å²) >= 11 is 0. The third-order valence-electron chi connectivity index (χ3n) is 8.04. The summed E-state index contributed by atoms with van der Waals surface area (Å²) in [5.41, 5.74) is 4.24. The quantitative estimate of drug-likeness (QED) is 0.560. The van der Waals surface area contributed by atoms with Gasteiger partial charge in [0, 0.05) is 31.1 Å². The fraction of sp³-hybridized carbons (Fsp3) is 0.429. The van der Waals surface area contributed by atoms with Gasteiger partial charge in [-0.1, -0.05) is 30.3 Å². The largest absolute Gasteiger partial charge is 0.443 e. The van der Waals surface area contributed by atoms with Crippen LogP contribution in [-0.4, -0.2) is 57.6 Å². The molecule has 0 bridgehead atoms. The molecule has 2 aromatic carbocycles. The van der Waals surface area contributed by atoms with E-state index >= 15 is 0 Å². The number of carbonyl (C=O) groups is 2. The average molecular weight is 469 g/mol. The molecule has 7 rings (SSSR count). The number of likely N-dealkylation sites (tertiary alicyclic amines) is 1. The lowest BCUT2D eigenvalue weighted by molar-refractivity contribution is -0.134. The van der Waals surface area contributed by atoms with Crippen LogP contribution in [0, 0.1) is 11.8 Å². The van der Waals surface area contributed by atoms with Crippen molar-refractivity contribution in [2.45, 2.75) is 44.1 Å². The molecule has 1 aromatic heterocycles. The summed E-state index contributed by atoms with van der Waals surface area (Å²) in [6.45, 7) is 2.31. The molecular weight excluding hydrogens is 440 g/mol. The highest BCUT2D eigenvalue weighted by molar-refractivity contribution is 6.16. The van der Waals surface area contributed by atoms with Crippen LogP contribution in [0.2, 0.25) is 0 Å². The van der Waals surface area contributed by atoms with Crippen molar-refractivity contribution in [3.63, 3.8) is 0 Å². The van der Waals surface area contributed by atoms with E-state index < -0.39 is 5.54 Å². The molecule has 0 radical (unpaired) electrons. The van der Waals surface area contributed by atoms with Gasteiger partial charge in [-0.3, -0.25) is 19.5 Å². The van der Waals surface area contributed by atoms with Gasteiger partial charge in [0.2, 0.25) is 5.91 Å². The first-order valence-corrected chi connectivity index (χ1v) is 12.7. The van der Waals surface area contributed by atoms with Crippen LogP contribution in [0.25, 0.3) is 22.2 Å². The number of fused-ring (bicyclic) bond motifs is 1. The van der Waals surface area contributed by atoms with Crippen molar-refractivity contribution >= 4 is 28.7 Å². The molecule has 2 aliphatic carbocycles. The number of carbonyl (C=O) groups excluding carboxylic acids is 2. The maximum Gasteiger partial charge on any atom is 0.256 e. The monoisotopic (exact) mass is 468 g/mol. The maximum absolute atomic E-state index is 13.3. The fourth-order valence-corrected chi connectivity index (χ4v) is 5.52. The molecule has 178 valence electrons. The van der Waals surface area contributed by atoms with Gasteiger partial charge in [0.05, 0.1) is 0 Å². The van der Waals surface area contributed by atoms with Crippen molar-refractivity contribution in [2.75, 3.05) is 19.6 Å². The minimum absolute atomic E-state index is 0.157. The Morgan fingerprint density at radius 1 is 0.971 bits per heavy atom. The Morgan fingerprint density at radius 3 is 2.40 bits per heavy atom. The third kappa shape index (κ3) is 3.65. The second-order valence-electron chi connectivity index (χ2n) is 10.5. The summed E-state index contributed by atoms with van der Waals surface area (Å²) in [6, 6.07) is 14.3. The van der Waals surface area contributed by atoms with Crippen LogP contribution in [0.4, 0.5) is 0 Å². The van der Waals surface area contributed by atoms with E-state index in [9.17, 15) is 9.59 Å². The predicted octanol–water partition coefficient (Wildman–Crippen LogP) is 4.26. The number of benzene rings is 2. The minimum atomic E-state index is -0.519. The van der Waals surface area contributed by atoms with E-state index in [1.54, 1.807) is 0 Å². The van der Waals surface area contributed by atoms with Gasteiger partial charge in [0.1, 0.15) is 16.9 Å². The van der Waals surface area contributed by atoms with Crippen LogP contribution >= 0.6 is 0 Å². The summed E-state index contributed by atoms with van der Waals surface area (Å²) in [7, 11) is 0. The molecule has 2 saturated carbocycles. The average Bonchev–Trinajstić information content (AvgIpc) is 3.82. The summed E-state index contributed by atoms with van der Waals surface area (Å²) in [5, 5.41) is 0. The normalized spacial score (nSPS) is 21.7. The lowest BCUT2D eigenvalue weighted by atomic mass is 9.95. The molecule has 2 amide bonds. The van der Waals surface area contributed by atoms with Crippen LogP contribution < -0.4 is 0 Å². The smallest absolute Gasteiger partial charge is 0.256 e. The van der Waals surface area contributed by atoms with Crippen molar-refractivity contribution in [1.82, 2.24) is 14.8 Å². The number of aliphatic imine (C=N–C) groups is 1. The van der Waals surface area contributed by atoms with Crippen molar-refractivity contribution in [1.29, 1.82) is 0 Å². The SMILES string of the molecule is O=C(C1CC1)N1CCC(CN2C(=O)C3(CC3)N=C2c2ccc(-c3ccc4ocnc4c3)cc2)CC1. The van der Waals surface area contributed by atoms with E-state index in [1.165, 1.54) is 6.39 Å². The highest BCUT2D eigenvalue weighted by Crippen LogP contribution is 2.46. The topological polar surface area (TPSA) is 79.0 Å². The van der Waals surface area contributed by atoms with Gasteiger partial charge in [0.15, 0.2) is 12.0 Å². The van der Waals surface area contributed by atoms with Crippen LogP contribution in [0.5, 0.6) is 0 Å². The Morgan fingerprint density at radius 2 is 1.69 bits per heavy atom. The number of hydrogen-bond donors (Lipinski definition) is 0. The lowest BCUT2D eigenvalue weighted by Crippen LogP contribution is -2.45. The van der Waals surface area contributed by atoms with E-state index in [0.29, 0.717) is 18.4 Å². The number of piperidine rings is 1. The zero-order chi connectivity index (χ0) is 23.6. The van der Waals surface area contributed by atoms with Crippen LogP contribution in [0.1, 0.15) is 44.1 Å². The number of nitrogens with zero attached hydrogens (tertiary/aromatic N) is 4. The summed E-state index contributed by atoms with van der Waals surface area (Å²) in [4.78, 5) is 38.9. The molecule has 1 spiro atoms. The van der Waals surface area contributed by atoms with E-state index in [1.807, 2.05) is 28.0 Å².